The van der Waals surface area contributed by atoms with Gasteiger partial charge in [-0.15, -0.1) is 0 Å². The second kappa shape index (κ2) is 7.09. The third-order valence-corrected chi connectivity index (χ3v) is 3.23. The molecule has 110 valence electrons. The number of ether oxygens (including phenoxy) is 1. The molecule has 0 aliphatic heterocycles. The van der Waals surface area contributed by atoms with Gasteiger partial charge in [-0.05, 0) is 41.8 Å². The van der Waals surface area contributed by atoms with Crippen LogP contribution < -0.4 is 10.5 Å². The minimum Gasteiger partial charge on any atom is -0.489 e. The van der Waals surface area contributed by atoms with Crippen molar-refractivity contribution in [1.29, 1.82) is 5.26 Å². The van der Waals surface area contributed by atoms with Gasteiger partial charge in [-0.3, -0.25) is 4.79 Å². The highest BCUT2D eigenvalue weighted by molar-refractivity contribution is 6.00. The van der Waals surface area contributed by atoms with Gasteiger partial charge >= 0.3 is 0 Å². The monoisotopic (exact) mass is 292 g/mol. The summed E-state index contributed by atoms with van der Waals surface area (Å²) < 4.78 is 5.73. The zero-order valence-corrected chi connectivity index (χ0v) is 12.2. The maximum absolute atomic E-state index is 11.0. The minimum atomic E-state index is -0.734. The van der Waals surface area contributed by atoms with E-state index in [1.54, 1.807) is 30.3 Å². The van der Waals surface area contributed by atoms with Gasteiger partial charge in [0.1, 0.15) is 24.0 Å². The third-order valence-electron chi connectivity index (χ3n) is 3.23. The van der Waals surface area contributed by atoms with Crippen molar-refractivity contribution < 1.29 is 9.53 Å². The molecule has 0 spiro atoms. The Bertz CT molecular complexity index is 740. The zero-order valence-electron chi connectivity index (χ0n) is 12.2. The first-order valence-electron chi connectivity index (χ1n) is 6.79. The number of carbonyl (C=O) groups is 1. The van der Waals surface area contributed by atoms with Gasteiger partial charge in [0.2, 0.25) is 0 Å². The Balaban J connectivity index is 2.05. The van der Waals surface area contributed by atoms with E-state index in [1.807, 2.05) is 31.2 Å². The van der Waals surface area contributed by atoms with Gasteiger partial charge in [0.25, 0.3) is 5.91 Å². The molecular weight excluding hydrogens is 276 g/mol. The second-order valence-corrected chi connectivity index (χ2v) is 4.82. The molecule has 0 heterocycles. The summed E-state index contributed by atoms with van der Waals surface area (Å²) >= 11 is 0. The summed E-state index contributed by atoms with van der Waals surface area (Å²) in [5, 5.41) is 8.80. The van der Waals surface area contributed by atoms with Crippen LogP contribution in [0.15, 0.2) is 54.1 Å². The molecule has 0 aromatic heterocycles. The molecule has 4 nitrogen and oxygen atoms in total. The van der Waals surface area contributed by atoms with Gasteiger partial charge in [0.05, 0.1) is 0 Å². The number of hydrogen-bond acceptors (Lipinski definition) is 3. The lowest BCUT2D eigenvalue weighted by molar-refractivity contribution is -0.114. The van der Waals surface area contributed by atoms with Gasteiger partial charge in [0.15, 0.2) is 0 Å². The highest BCUT2D eigenvalue weighted by Gasteiger charge is 2.03. The fourth-order valence-corrected chi connectivity index (χ4v) is 1.92. The van der Waals surface area contributed by atoms with E-state index in [-0.39, 0.29) is 5.57 Å². The van der Waals surface area contributed by atoms with E-state index in [9.17, 15) is 4.79 Å². The lowest BCUT2D eigenvalue weighted by atomic mass is 10.1. The first-order chi connectivity index (χ1) is 10.6. The van der Waals surface area contributed by atoms with Crippen LogP contribution in [0.1, 0.15) is 16.7 Å². The van der Waals surface area contributed by atoms with Gasteiger partial charge in [-0.1, -0.05) is 36.4 Å². The Hall–Kier alpha value is -3.06. The molecule has 2 N–H and O–H groups in total. The predicted molar refractivity (Wildman–Crippen MR) is 84.7 cm³/mol. The molecule has 4 heteroatoms. The molecule has 0 atom stereocenters. The van der Waals surface area contributed by atoms with Crippen LogP contribution in [0, 0.1) is 18.3 Å². The van der Waals surface area contributed by atoms with E-state index >= 15 is 0 Å². The summed E-state index contributed by atoms with van der Waals surface area (Å²) in [6.45, 7) is 2.53. The number of aryl methyl sites for hydroxylation is 1. The summed E-state index contributed by atoms with van der Waals surface area (Å²) in [5.74, 6) is -0.0136. The molecule has 0 saturated heterocycles. The molecule has 0 radical (unpaired) electrons. The van der Waals surface area contributed by atoms with Gasteiger partial charge in [0, 0.05) is 0 Å². The van der Waals surface area contributed by atoms with Crippen LogP contribution in [0.5, 0.6) is 5.75 Å². The summed E-state index contributed by atoms with van der Waals surface area (Å²) in [5.41, 5.74) is 8.06. The van der Waals surface area contributed by atoms with Gasteiger partial charge in [-0.2, -0.15) is 5.26 Å². The maximum atomic E-state index is 11.0. The predicted octanol–water partition coefficient (Wildman–Crippen LogP) is 2.97. The lowest BCUT2D eigenvalue weighted by Gasteiger charge is -2.08. The van der Waals surface area contributed by atoms with E-state index in [1.165, 1.54) is 11.6 Å². The van der Waals surface area contributed by atoms with Gasteiger partial charge in [-0.25, -0.2) is 0 Å². The van der Waals surface area contributed by atoms with Crippen molar-refractivity contribution in [3.8, 4) is 11.8 Å². The number of nitriles is 1. The first kappa shape index (κ1) is 15.3. The standard InChI is InChI=1S/C18H16N2O2/c1-13-4-2-3-5-15(13)12-22-17-8-6-14(7-9-17)10-16(11-19)18(20)21/h2-10H,12H2,1H3,(H2,20,21). The van der Waals surface area contributed by atoms with E-state index in [0.29, 0.717) is 6.61 Å². The van der Waals surface area contributed by atoms with E-state index in [2.05, 4.69) is 0 Å². The third kappa shape index (κ3) is 3.97. The molecule has 0 saturated carbocycles. The van der Waals surface area contributed by atoms with E-state index < -0.39 is 5.91 Å². The highest BCUT2D eigenvalue weighted by atomic mass is 16.5. The van der Waals surface area contributed by atoms with Crippen molar-refractivity contribution in [2.45, 2.75) is 13.5 Å². The smallest absolute Gasteiger partial charge is 0.259 e. The molecule has 2 aromatic carbocycles. The molecule has 1 amide bonds. The van der Waals surface area contributed by atoms with Crippen molar-refractivity contribution in [1.82, 2.24) is 0 Å². The van der Waals surface area contributed by atoms with E-state index in [0.717, 1.165) is 16.9 Å². The van der Waals surface area contributed by atoms with Crippen molar-refractivity contribution in [2.24, 2.45) is 5.73 Å². The van der Waals surface area contributed by atoms with Crippen LogP contribution in [0.25, 0.3) is 6.08 Å². The average Bonchev–Trinajstić information content (AvgIpc) is 2.52. The number of carbonyl (C=O) groups excluding carboxylic acids is 1. The van der Waals surface area contributed by atoms with Crippen molar-refractivity contribution in [2.75, 3.05) is 0 Å². The Labute approximate surface area is 129 Å². The zero-order chi connectivity index (χ0) is 15.9. The Morgan fingerprint density at radius 1 is 1.23 bits per heavy atom. The number of hydrogen-bond donors (Lipinski definition) is 1. The quantitative estimate of drug-likeness (QED) is 0.680. The minimum absolute atomic E-state index is 0.0754. The molecule has 2 rings (SSSR count). The lowest BCUT2D eigenvalue weighted by Crippen LogP contribution is -2.12. The molecule has 0 bridgehead atoms. The Morgan fingerprint density at radius 3 is 2.50 bits per heavy atom. The molecular formula is C18H16N2O2. The highest BCUT2D eigenvalue weighted by Crippen LogP contribution is 2.17. The van der Waals surface area contributed by atoms with Crippen LogP contribution in [-0.4, -0.2) is 5.91 Å². The van der Waals surface area contributed by atoms with Gasteiger partial charge < -0.3 is 10.5 Å². The van der Waals surface area contributed by atoms with Crippen LogP contribution in [0.3, 0.4) is 0 Å². The molecule has 2 aromatic rings. The van der Waals surface area contributed by atoms with Crippen LogP contribution in [0.4, 0.5) is 0 Å². The average molecular weight is 292 g/mol. The molecule has 0 aliphatic rings. The van der Waals surface area contributed by atoms with Crippen LogP contribution in [-0.2, 0) is 11.4 Å². The van der Waals surface area contributed by atoms with Crippen molar-refractivity contribution in [3.05, 3.63) is 70.8 Å². The SMILES string of the molecule is Cc1ccccc1COc1ccc(C=C(C#N)C(N)=O)cc1. The topological polar surface area (TPSA) is 76.1 Å². The van der Waals surface area contributed by atoms with E-state index in [4.69, 9.17) is 15.7 Å². The fraction of sp³-hybridized carbons (Fsp3) is 0.111. The molecule has 0 fully saturated rings. The number of benzene rings is 2. The van der Waals surface area contributed by atoms with Crippen molar-refractivity contribution >= 4 is 12.0 Å². The number of nitrogens with zero attached hydrogens (tertiary/aromatic N) is 1. The van der Waals surface area contributed by atoms with Crippen LogP contribution >= 0.6 is 0 Å². The first-order valence-corrected chi connectivity index (χ1v) is 6.79. The Morgan fingerprint density at radius 2 is 1.91 bits per heavy atom. The number of nitrogens with two attached hydrogens (primary N) is 1. The number of amides is 1. The normalized spacial score (nSPS) is 10.8. The number of primary amides is 1. The summed E-state index contributed by atoms with van der Waals surface area (Å²) in [7, 11) is 0. The largest absolute Gasteiger partial charge is 0.489 e. The molecule has 0 unspecified atom stereocenters. The second-order valence-electron chi connectivity index (χ2n) is 4.82. The summed E-state index contributed by atoms with van der Waals surface area (Å²) in [4.78, 5) is 11.0. The molecule has 0 aliphatic carbocycles. The summed E-state index contributed by atoms with van der Waals surface area (Å²) in [6.07, 6.45) is 1.45. The molecule has 22 heavy (non-hydrogen) atoms. The fourth-order valence-electron chi connectivity index (χ4n) is 1.92. The van der Waals surface area contributed by atoms with Crippen LogP contribution in [0.2, 0.25) is 0 Å². The number of rotatable bonds is 5. The summed E-state index contributed by atoms with van der Waals surface area (Å²) in [6, 6.07) is 16.9. The Kier molecular flexibility index (Phi) is 4.94. The maximum Gasteiger partial charge on any atom is 0.259 e. The van der Waals surface area contributed by atoms with Crippen molar-refractivity contribution in [3.63, 3.8) is 0 Å².